The molecule has 7 heteroatoms. The number of nitrogens with zero attached hydrogens (tertiary/aromatic N) is 1. The molecular formula is C15H16ClN3O3. The summed E-state index contributed by atoms with van der Waals surface area (Å²) in [5.74, 6) is 0.412. The van der Waals surface area contributed by atoms with Gasteiger partial charge >= 0.3 is 0 Å². The predicted octanol–water partition coefficient (Wildman–Crippen LogP) is 1.71. The summed E-state index contributed by atoms with van der Waals surface area (Å²) < 4.78 is 5.36. The predicted molar refractivity (Wildman–Crippen MR) is 83.6 cm³/mol. The molecule has 0 unspecified atom stereocenters. The molecule has 0 bridgehead atoms. The Morgan fingerprint density at radius 2 is 2.18 bits per heavy atom. The van der Waals surface area contributed by atoms with Crippen molar-refractivity contribution < 1.29 is 9.53 Å². The normalized spacial score (nSPS) is 10.3. The fraction of sp³-hybridized carbons (Fsp3) is 0.267. The molecule has 0 atom stereocenters. The van der Waals surface area contributed by atoms with Crippen LogP contribution in [0.25, 0.3) is 0 Å². The van der Waals surface area contributed by atoms with Crippen LogP contribution in [0.15, 0.2) is 29.1 Å². The van der Waals surface area contributed by atoms with Gasteiger partial charge in [-0.2, -0.15) is 5.10 Å². The summed E-state index contributed by atoms with van der Waals surface area (Å²) in [5, 5.41) is 9.25. The minimum absolute atomic E-state index is 0.161. The van der Waals surface area contributed by atoms with Crippen LogP contribution in [-0.4, -0.2) is 29.8 Å². The maximum atomic E-state index is 11.9. The zero-order valence-corrected chi connectivity index (χ0v) is 13.0. The number of benzene rings is 1. The number of hydrogen-bond acceptors (Lipinski definition) is 4. The molecule has 0 spiro atoms. The molecular weight excluding hydrogens is 306 g/mol. The second kappa shape index (κ2) is 7.09. The molecule has 1 aromatic carbocycles. The Hall–Kier alpha value is -2.34. The molecule has 2 rings (SSSR count). The highest BCUT2D eigenvalue weighted by atomic mass is 35.5. The van der Waals surface area contributed by atoms with E-state index in [4.69, 9.17) is 16.3 Å². The molecule has 1 heterocycles. The van der Waals surface area contributed by atoms with E-state index in [9.17, 15) is 9.59 Å². The number of hydrogen-bond donors (Lipinski definition) is 2. The van der Waals surface area contributed by atoms with E-state index < -0.39 is 0 Å². The zero-order chi connectivity index (χ0) is 16.1. The fourth-order valence-electron chi connectivity index (χ4n) is 2.15. The van der Waals surface area contributed by atoms with Crippen molar-refractivity contribution in [2.45, 2.75) is 13.3 Å². The maximum Gasteiger partial charge on any atom is 0.271 e. The lowest BCUT2D eigenvalue weighted by Crippen LogP contribution is -2.27. The van der Waals surface area contributed by atoms with E-state index in [-0.39, 0.29) is 17.2 Å². The highest BCUT2D eigenvalue weighted by Crippen LogP contribution is 2.27. The first-order chi connectivity index (χ1) is 10.5. The third kappa shape index (κ3) is 3.85. The average molecular weight is 322 g/mol. The molecule has 2 N–H and O–H groups in total. The Bertz CT molecular complexity index is 723. The van der Waals surface area contributed by atoms with Crippen LogP contribution in [0.5, 0.6) is 5.75 Å². The topological polar surface area (TPSA) is 84.1 Å². The van der Waals surface area contributed by atoms with Crippen LogP contribution in [0, 0.1) is 6.92 Å². The summed E-state index contributed by atoms with van der Waals surface area (Å²) in [6.45, 7) is 2.31. The average Bonchev–Trinajstić information content (AvgIpc) is 2.47. The Kier molecular flexibility index (Phi) is 5.16. The van der Waals surface area contributed by atoms with Gasteiger partial charge in [-0.15, -0.1) is 0 Å². The van der Waals surface area contributed by atoms with Gasteiger partial charge in [-0.1, -0.05) is 11.6 Å². The lowest BCUT2D eigenvalue weighted by Gasteiger charge is -2.12. The summed E-state index contributed by atoms with van der Waals surface area (Å²) in [6.07, 6.45) is 0.569. The van der Waals surface area contributed by atoms with E-state index in [0.29, 0.717) is 18.0 Å². The molecule has 116 valence electrons. The van der Waals surface area contributed by atoms with Crippen molar-refractivity contribution in [1.82, 2.24) is 15.5 Å². The van der Waals surface area contributed by atoms with Gasteiger partial charge in [-0.3, -0.25) is 9.59 Å². The Labute approximate surface area is 132 Å². The van der Waals surface area contributed by atoms with Gasteiger partial charge in [0.2, 0.25) is 0 Å². The van der Waals surface area contributed by atoms with Crippen LogP contribution in [0.2, 0.25) is 5.02 Å². The number of rotatable bonds is 5. The number of carbonyl (C=O) groups excluding carboxylic acids is 1. The molecule has 0 aliphatic rings. The second-order valence-corrected chi connectivity index (χ2v) is 5.16. The molecule has 0 aliphatic heterocycles. The molecule has 1 aromatic heterocycles. The number of amides is 1. The van der Waals surface area contributed by atoms with Crippen molar-refractivity contribution in [1.29, 1.82) is 0 Å². The van der Waals surface area contributed by atoms with E-state index >= 15 is 0 Å². The van der Waals surface area contributed by atoms with Gasteiger partial charge < -0.3 is 10.1 Å². The van der Waals surface area contributed by atoms with Crippen LogP contribution in [0.1, 0.15) is 21.6 Å². The highest BCUT2D eigenvalue weighted by molar-refractivity contribution is 6.30. The molecule has 0 radical (unpaired) electrons. The van der Waals surface area contributed by atoms with Crippen LogP contribution < -0.4 is 15.6 Å². The van der Waals surface area contributed by atoms with Gasteiger partial charge in [-0.25, -0.2) is 5.10 Å². The molecule has 0 saturated carbocycles. The van der Waals surface area contributed by atoms with Crippen molar-refractivity contribution in [2.24, 2.45) is 0 Å². The number of aryl methyl sites for hydroxylation is 1. The third-order valence-corrected chi connectivity index (χ3v) is 3.33. The molecule has 0 fully saturated rings. The first-order valence-corrected chi connectivity index (χ1v) is 7.06. The quantitative estimate of drug-likeness (QED) is 0.878. The van der Waals surface area contributed by atoms with Gasteiger partial charge in [0, 0.05) is 17.6 Å². The van der Waals surface area contributed by atoms with Crippen molar-refractivity contribution in [2.75, 3.05) is 13.7 Å². The lowest BCUT2D eigenvalue weighted by atomic mass is 10.1. The van der Waals surface area contributed by atoms with Crippen LogP contribution >= 0.6 is 11.6 Å². The minimum Gasteiger partial charge on any atom is -0.496 e. The molecule has 1 amide bonds. The minimum atomic E-state index is -0.353. The van der Waals surface area contributed by atoms with Gasteiger partial charge in [-0.05, 0) is 42.7 Å². The molecule has 0 aliphatic carbocycles. The maximum absolute atomic E-state index is 11.9. The molecule has 22 heavy (non-hydrogen) atoms. The number of nitrogens with one attached hydrogen (secondary N) is 2. The van der Waals surface area contributed by atoms with Crippen molar-refractivity contribution in [3.63, 3.8) is 0 Å². The van der Waals surface area contributed by atoms with Crippen LogP contribution in [-0.2, 0) is 6.42 Å². The SMILES string of the molecule is COc1c(C)cc(Cl)cc1CCNC(=O)c1ccc(=O)[nH]n1. The number of aromatic nitrogens is 2. The van der Waals surface area contributed by atoms with Gasteiger partial charge in [0.05, 0.1) is 7.11 Å². The van der Waals surface area contributed by atoms with Gasteiger partial charge in [0.15, 0.2) is 0 Å². The molecule has 0 saturated heterocycles. The smallest absolute Gasteiger partial charge is 0.271 e. The molecule has 2 aromatic rings. The Balaban J connectivity index is 2.00. The number of halogens is 1. The van der Waals surface area contributed by atoms with Crippen molar-refractivity contribution in [3.05, 3.63) is 56.5 Å². The van der Waals surface area contributed by atoms with Crippen LogP contribution in [0.3, 0.4) is 0 Å². The summed E-state index contributed by atoms with van der Waals surface area (Å²) in [7, 11) is 1.60. The van der Waals surface area contributed by atoms with E-state index in [1.807, 2.05) is 19.1 Å². The van der Waals surface area contributed by atoms with Crippen molar-refractivity contribution in [3.8, 4) is 5.75 Å². The number of ether oxygens (including phenoxy) is 1. The monoisotopic (exact) mass is 321 g/mol. The Morgan fingerprint density at radius 3 is 2.82 bits per heavy atom. The first kappa shape index (κ1) is 16.0. The zero-order valence-electron chi connectivity index (χ0n) is 12.3. The fourth-order valence-corrected chi connectivity index (χ4v) is 2.44. The number of aromatic amines is 1. The second-order valence-electron chi connectivity index (χ2n) is 4.73. The van der Waals surface area contributed by atoms with E-state index in [1.165, 1.54) is 12.1 Å². The van der Waals surface area contributed by atoms with Crippen molar-refractivity contribution >= 4 is 17.5 Å². The number of H-pyrrole nitrogens is 1. The standard InChI is InChI=1S/C15H16ClN3O3/c1-9-7-11(16)8-10(14(9)22-2)5-6-17-15(21)12-3-4-13(20)19-18-12/h3-4,7-8H,5-6H2,1-2H3,(H,17,21)(H,19,20). The number of methoxy groups -OCH3 is 1. The van der Waals surface area contributed by atoms with E-state index in [2.05, 4.69) is 15.5 Å². The summed E-state index contributed by atoms with van der Waals surface area (Å²) in [5.41, 5.74) is 1.67. The highest BCUT2D eigenvalue weighted by Gasteiger charge is 2.10. The van der Waals surface area contributed by atoms with E-state index in [1.54, 1.807) is 7.11 Å². The third-order valence-electron chi connectivity index (χ3n) is 3.11. The van der Waals surface area contributed by atoms with Gasteiger partial charge in [0.25, 0.3) is 11.5 Å². The lowest BCUT2D eigenvalue weighted by molar-refractivity contribution is 0.0948. The largest absolute Gasteiger partial charge is 0.496 e. The summed E-state index contributed by atoms with van der Waals surface area (Å²) in [4.78, 5) is 22.8. The van der Waals surface area contributed by atoms with Crippen LogP contribution in [0.4, 0.5) is 0 Å². The molecule has 6 nitrogen and oxygen atoms in total. The number of carbonyl (C=O) groups is 1. The summed E-state index contributed by atoms with van der Waals surface area (Å²) in [6, 6.07) is 6.27. The van der Waals surface area contributed by atoms with Gasteiger partial charge in [0.1, 0.15) is 11.4 Å². The summed E-state index contributed by atoms with van der Waals surface area (Å²) >= 11 is 6.04. The first-order valence-electron chi connectivity index (χ1n) is 6.68. The van der Waals surface area contributed by atoms with E-state index in [0.717, 1.165) is 16.9 Å². The Morgan fingerprint density at radius 1 is 1.41 bits per heavy atom.